The molecule has 1 aliphatic carbocycles. The number of rotatable bonds is 3. The minimum absolute atomic E-state index is 0.0605. The molecule has 0 bridgehead atoms. The second-order valence-electron chi connectivity index (χ2n) is 6.82. The van der Waals surface area contributed by atoms with Gasteiger partial charge in [0.05, 0.1) is 17.9 Å². The molecule has 6 nitrogen and oxygen atoms in total. The molecule has 1 atom stereocenters. The number of carbonyl (C=O) groups is 1. The fourth-order valence-corrected chi connectivity index (χ4v) is 3.66. The van der Waals surface area contributed by atoms with Crippen LogP contribution in [0, 0.1) is 6.92 Å². The molecule has 0 aromatic carbocycles. The van der Waals surface area contributed by atoms with Crippen molar-refractivity contribution >= 4 is 5.91 Å². The minimum Gasteiger partial charge on any atom is -0.389 e. The van der Waals surface area contributed by atoms with Crippen LogP contribution in [0.2, 0.25) is 0 Å². The van der Waals surface area contributed by atoms with Crippen LogP contribution in [-0.2, 0) is 4.79 Å². The van der Waals surface area contributed by atoms with Gasteiger partial charge in [0.2, 0.25) is 11.8 Å². The first kappa shape index (κ1) is 15.5. The minimum atomic E-state index is -0.788. The summed E-state index contributed by atoms with van der Waals surface area (Å²) in [6.07, 6.45) is 6.87. The molecular weight excluding hydrogens is 282 g/mol. The van der Waals surface area contributed by atoms with Gasteiger partial charge in [-0.3, -0.25) is 4.79 Å². The van der Waals surface area contributed by atoms with Crippen LogP contribution in [0.15, 0.2) is 4.52 Å². The summed E-state index contributed by atoms with van der Waals surface area (Å²) in [5, 5.41) is 14.4. The Morgan fingerprint density at radius 1 is 1.36 bits per heavy atom. The highest BCUT2D eigenvalue weighted by Crippen LogP contribution is 2.32. The Hall–Kier alpha value is -1.43. The van der Waals surface area contributed by atoms with Crippen molar-refractivity contribution in [1.82, 2.24) is 15.0 Å². The molecule has 1 saturated carbocycles. The molecule has 1 amide bonds. The first-order chi connectivity index (χ1) is 10.6. The zero-order valence-corrected chi connectivity index (χ0v) is 13.3. The molecular formula is C16H25N3O3. The van der Waals surface area contributed by atoms with E-state index < -0.39 is 5.60 Å². The van der Waals surface area contributed by atoms with Crippen LogP contribution in [0.25, 0.3) is 0 Å². The molecule has 0 spiro atoms. The Morgan fingerprint density at radius 2 is 2.14 bits per heavy atom. The Kier molecular flexibility index (Phi) is 4.47. The summed E-state index contributed by atoms with van der Waals surface area (Å²) in [7, 11) is 0. The fraction of sp³-hybridized carbons (Fsp3) is 0.812. The summed E-state index contributed by atoms with van der Waals surface area (Å²) in [6, 6.07) is 0. The van der Waals surface area contributed by atoms with Crippen LogP contribution in [0.5, 0.6) is 0 Å². The topological polar surface area (TPSA) is 79.5 Å². The summed E-state index contributed by atoms with van der Waals surface area (Å²) in [4.78, 5) is 18.7. The SMILES string of the molecule is Cc1noc(C2CCCN(C(=O)CC3(O)CCCCC3)C2)n1. The molecule has 1 aromatic heterocycles. The number of nitrogens with zero attached hydrogens (tertiary/aromatic N) is 3. The lowest BCUT2D eigenvalue weighted by Crippen LogP contribution is -2.44. The Balaban J connectivity index is 1.60. The van der Waals surface area contributed by atoms with E-state index >= 15 is 0 Å². The van der Waals surface area contributed by atoms with E-state index in [2.05, 4.69) is 10.1 Å². The lowest BCUT2D eigenvalue weighted by molar-refractivity contribution is -0.139. The Bertz CT molecular complexity index is 522. The third-order valence-corrected chi connectivity index (χ3v) is 4.93. The molecule has 1 saturated heterocycles. The second kappa shape index (κ2) is 6.36. The van der Waals surface area contributed by atoms with Crippen molar-refractivity contribution in [3.63, 3.8) is 0 Å². The number of carbonyl (C=O) groups excluding carboxylic acids is 1. The number of piperidine rings is 1. The van der Waals surface area contributed by atoms with E-state index in [1.165, 1.54) is 6.42 Å². The molecule has 6 heteroatoms. The summed E-state index contributed by atoms with van der Waals surface area (Å²) in [5.74, 6) is 1.45. The molecule has 2 heterocycles. The van der Waals surface area contributed by atoms with E-state index in [1.807, 2.05) is 4.90 Å². The number of aryl methyl sites for hydroxylation is 1. The van der Waals surface area contributed by atoms with Gasteiger partial charge in [-0.2, -0.15) is 4.98 Å². The predicted molar refractivity (Wildman–Crippen MR) is 80.2 cm³/mol. The first-order valence-electron chi connectivity index (χ1n) is 8.36. The molecule has 22 heavy (non-hydrogen) atoms. The van der Waals surface area contributed by atoms with Crippen LogP contribution in [-0.4, -0.2) is 44.7 Å². The van der Waals surface area contributed by atoms with Gasteiger partial charge in [0.1, 0.15) is 0 Å². The summed E-state index contributed by atoms with van der Waals surface area (Å²) in [6.45, 7) is 3.19. The van der Waals surface area contributed by atoms with Crippen molar-refractivity contribution in [2.45, 2.75) is 69.8 Å². The van der Waals surface area contributed by atoms with E-state index in [0.29, 0.717) is 18.3 Å². The monoisotopic (exact) mass is 307 g/mol. The molecule has 2 aliphatic rings. The Labute approximate surface area is 130 Å². The molecule has 3 rings (SSSR count). The van der Waals surface area contributed by atoms with Gasteiger partial charge in [0, 0.05) is 13.1 Å². The van der Waals surface area contributed by atoms with E-state index in [1.54, 1.807) is 6.92 Å². The highest BCUT2D eigenvalue weighted by molar-refractivity contribution is 5.77. The van der Waals surface area contributed by atoms with Crippen molar-refractivity contribution in [3.8, 4) is 0 Å². The highest BCUT2D eigenvalue weighted by Gasteiger charge is 2.35. The second-order valence-corrected chi connectivity index (χ2v) is 6.82. The maximum atomic E-state index is 12.6. The number of hydrogen-bond acceptors (Lipinski definition) is 5. The zero-order valence-electron chi connectivity index (χ0n) is 13.3. The van der Waals surface area contributed by atoms with Gasteiger partial charge < -0.3 is 14.5 Å². The lowest BCUT2D eigenvalue weighted by atomic mass is 9.82. The standard InChI is InChI=1S/C16H25N3O3/c1-12-17-15(22-18-12)13-6-5-9-19(11-13)14(20)10-16(21)7-3-2-4-8-16/h13,21H,2-11H2,1H3. The van der Waals surface area contributed by atoms with Gasteiger partial charge in [-0.05, 0) is 32.6 Å². The van der Waals surface area contributed by atoms with Crippen LogP contribution in [0.3, 0.4) is 0 Å². The van der Waals surface area contributed by atoms with Gasteiger partial charge in [-0.25, -0.2) is 0 Å². The molecule has 122 valence electrons. The van der Waals surface area contributed by atoms with Gasteiger partial charge in [0.15, 0.2) is 5.82 Å². The van der Waals surface area contributed by atoms with Crippen LogP contribution in [0.4, 0.5) is 0 Å². The van der Waals surface area contributed by atoms with Crippen LogP contribution >= 0.6 is 0 Å². The molecule has 1 aliphatic heterocycles. The maximum Gasteiger partial charge on any atom is 0.231 e. The average Bonchev–Trinajstić information content (AvgIpc) is 2.94. The summed E-state index contributed by atoms with van der Waals surface area (Å²) >= 11 is 0. The molecule has 1 aromatic rings. The number of likely N-dealkylation sites (tertiary alicyclic amines) is 1. The van der Waals surface area contributed by atoms with Crippen molar-refractivity contribution in [2.75, 3.05) is 13.1 Å². The van der Waals surface area contributed by atoms with E-state index in [9.17, 15) is 9.90 Å². The molecule has 2 fully saturated rings. The van der Waals surface area contributed by atoms with Crippen molar-refractivity contribution in [2.24, 2.45) is 0 Å². The molecule has 1 unspecified atom stereocenters. The number of aliphatic hydroxyl groups is 1. The van der Waals surface area contributed by atoms with Gasteiger partial charge in [-0.15, -0.1) is 0 Å². The fourth-order valence-electron chi connectivity index (χ4n) is 3.66. The summed E-state index contributed by atoms with van der Waals surface area (Å²) in [5.41, 5.74) is -0.788. The third-order valence-electron chi connectivity index (χ3n) is 4.93. The number of amides is 1. The van der Waals surface area contributed by atoms with Crippen molar-refractivity contribution < 1.29 is 14.4 Å². The normalized spacial score (nSPS) is 25.2. The largest absolute Gasteiger partial charge is 0.389 e. The van der Waals surface area contributed by atoms with Crippen LogP contribution in [0.1, 0.15) is 69.0 Å². The van der Waals surface area contributed by atoms with Gasteiger partial charge in [-0.1, -0.05) is 24.4 Å². The summed E-state index contributed by atoms with van der Waals surface area (Å²) < 4.78 is 5.25. The van der Waals surface area contributed by atoms with E-state index in [-0.39, 0.29) is 18.2 Å². The van der Waals surface area contributed by atoms with Crippen LogP contribution < -0.4 is 0 Å². The van der Waals surface area contributed by atoms with Gasteiger partial charge in [0.25, 0.3) is 0 Å². The number of aromatic nitrogens is 2. The lowest BCUT2D eigenvalue weighted by Gasteiger charge is -2.36. The van der Waals surface area contributed by atoms with E-state index in [4.69, 9.17) is 4.52 Å². The van der Waals surface area contributed by atoms with Gasteiger partial charge >= 0.3 is 0 Å². The smallest absolute Gasteiger partial charge is 0.231 e. The Morgan fingerprint density at radius 3 is 2.82 bits per heavy atom. The van der Waals surface area contributed by atoms with E-state index in [0.717, 1.165) is 45.1 Å². The molecule has 1 N–H and O–H groups in total. The highest BCUT2D eigenvalue weighted by atomic mass is 16.5. The average molecular weight is 307 g/mol. The first-order valence-corrected chi connectivity index (χ1v) is 8.36. The molecule has 0 radical (unpaired) electrons. The number of hydrogen-bond donors (Lipinski definition) is 1. The third kappa shape index (κ3) is 3.48. The van der Waals surface area contributed by atoms with Crippen molar-refractivity contribution in [1.29, 1.82) is 0 Å². The predicted octanol–water partition coefficient (Wildman–Crippen LogP) is 2.17. The maximum absolute atomic E-state index is 12.6. The zero-order chi connectivity index (χ0) is 15.6. The van der Waals surface area contributed by atoms with Crippen molar-refractivity contribution in [3.05, 3.63) is 11.7 Å². The quantitative estimate of drug-likeness (QED) is 0.925.